The largest absolute Gasteiger partial charge is 0.481 e. The van der Waals surface area contributed by atoms with Crippen LogP contribution in [0.5, 0.6) is 0 Å². The van der Waals surface area contributed by atoms with E-state index in [1.807, 2.05) is 25.5 Å². The first-order valence-electron chi connectivity index (χ1n) is 12.2. The summed E-state index contributed by atoms with van der Waals surface area (Å²) in [5.74, 6) is -4.43. The third kappa shape index (κ3) is 16.1. The predicted molar refractivity (Wildman–Crippen MR) is 132 cm³/mol. The molecule has 208 valence electrons. The first-order chi connectivity index (χ1) is 16.7. The summed E-state index contributed by atoms with van der Waals surface area (Å²) in [5, 5.41) is 23.0. The average Bonchev–Trinajstić information content (AvgIpc) is 2.74. The van der Waals surface area contributed by atoms with Crippen LogP contribution in [-0.4, -0.2) is 66.6 Å². The fraction of sp³-hybridized carbons (Fsp3) is 0.783. The fourth-order valence-corrected chi connectivity index (χ4v) is 4.39. The lowest BCUT2D eigenvalue weighted by molar-refractivity contribution is -0.142. The van der Waals surface area contributed by atoms with Gasteiger partial charge >= 0.3 is 11.9 Å². The van der Waals surface area contributed by atoms with Crippen LogP contribution in [0.4, 0.5) is 0 Å². The number of amides is 3. The molecule has 0 spiro atoms. The monoisotopic (exact) mass is 535 g/mol. The molecular weight excluding hydrogens is 494 g/mol. The maximum Gasteiger partial charge on any atom is 0.326 e. The van der Waals surface area contributed by atoms with Crippen LogP contribution < -0.4 is 15.4 Å². The van der Waals surface area contributed by atoms with Crippen molar-refractivity contribution < 1.29 is 42.6 Å². The van der Waals surface area contributed by atoms with Crippen LogP contribution in [0.3, 0.4) is 0 Å². The summed E-state index contributed by atoms with van der Waals surface area (Å²) in [6, 6.07) is -0.925. The van der Waals surface area contributed by atoms with E-state index in [1.54, 1.807) is 6.92 Å². The smallest absolute Gasteiger partial charge is 0.326 e. The van der Waals surface area contributed by atoms with Crippen molar-refractivity contribution in [1.29, 1.82) is 0 Å². The van der Waals surface area contributed by atoms with Gasteiger partial charge in [-0.15, -0.1) is 0 Å². The van der Waals surface area contributed by atoms with Crippen LogP contribution in [0.25, 0.3) is 0 Å². The summed E-state index contributed by atoms with van der Waals surface area (Å²) in [7, 11) is -3.91. The first kappa shape index (κ1) is 33.3. The normalized spacial score (nSPS) is 14.7. The molecule has 0 rings (SSSR count). The van der Waals surface area contributed by atoms with Gasteiger partial charge in [0.2, 0.25) is 27.7 Å². The van der Waals surface area contributed by atoms with Crippen molar-refractivity contribution in [2.75, 3.05) is 12.3 Å². The molecule has 0 heterocycles. The zero-order valence-electron chi connectivity index (χ0n) is 21.5. The minimum Gasteiger partial charge on any atom is -0.481 e. The highest BCUT2D eigenvalue weighted by Gasteiger charge is 2.22. The molecule has 5 N–H and O–H groups in total. The van der Waals surface area contributed by atoms with E-state index < -0.39 is 39.7 Å². The van der Waals surface area contributed by atoms with Gasteiger partial charge in [0.15, 0.2) is 0 Å². The Morgan fingerprint density at radius 3 is 2.03 bits per heavy atom. The lowest BCUT2D eigenvalue weighted by Gasteiger charge is -2.21. The summed E-state index contributed by atoms with van der Waals surface area (Å²) < 4.78 is 26.1. The highest BCUT2D eigenvalue weighted by atomic mass is 32.2. The highest BCUT2D eigenvalue weighted by Crippen LogP contribution is 2.15. The van der Waals surface area contributed by atoms with E-state index in [0.29, 0.717) is 12.8 Å². The van der Waals surface area contributed by atoms with Crippen molar-refractivity contribution in [1.82, 2.24) is 15.4 Å². The molecule has 0 saturated carbocycles. The molecule has 0 aliphatic heterocycles. The molecule has 13 heteroatoms. The molecule has 0 aromatic carbocycles. The Kier molecular flexibility index (Phi) is 15.6. The topological polar surface area (TPSA) is 196 Å². The van der Waals surface area contributed by atoms with Gasteiger partial charge in [0.25, 0.3) is 0 Å². The standard InChI is InChI=1S/C23H41N3O9S/c1-5-7-18(23(32)33)25-20(28)13-16(3)17(4)14-24-19(27)8-6-11-36(34,35)26-21(29)12-15(2)9-10-22(30)31/h15-18H,5-14H2,1-4H3,(H,24,27)(H,25,28)(H,26,29)(H,30,31)(H,32,33). The van der Waals surface area contributed by atoms with E-state index in [0.717, 1.165) is 0 Å². The molecular formula is C23H41N3O9S. The number of aliphatic carboxylic acids is 2. The van der Waals surface area contributed by atoms with Gasteiger partial charge in [-0.3, -0.25) is 23.9 Å². The molecule has 0 fully saturated rings. The Bertz CT molecular complexity index is 861. The number of carbonyl (C=O) groups excluding carboxylic acids is 3. The van der Waals surface area contributed by atoms with Gasteiger partial charge < -0.3 is 20.8 Å². The molecule has 4 unspecified atom stereocenters. The summed E-state index contributed by atoms with van der Waals surface area (Å²) in [5.41, 5.74) is 0. The number of carboxylic acids is 2. The third-order valence-electron chi connectivity index (χ3n) is 5.78. The molecule has 0 aliphatic rings. The first-order valence-corrected chi connectivity index (χ1v) is 13.9. The minimum absolute atomic E-state index is 0.00333. The second-order valence-electron chi connectivity index (χ2n) is 9.40. The number of rotatable bonds is 19. The van der Waals surface area contributed by atoms with Crippen LogP contribution in [0.15, 0.2) is 0 Å². The second kappa shape index (κ2) is 16.9. The number of carboxylic acid groups (broad SMARTS) is 2. The molecule has 0 saturated heterocycles. The van der Waals surface area contributed by atoms with Gasteiger partial charge in [-0.05, 0) is 37.0 Å². The van der Waals surface area contributed by atoms with Crippen LogP contribution in [-0.2, 0) is 34.0 Å². The summed E-state index contributed by atoms with van der Waals surface area (Å²) in [4.78, 5) is 57.8. The van der Waals surface area contributed by atoms with Crippen molar-refractivity contribution in [3.8, 4) is 0 Å². The van der Waals surface area contributed by atoms with Crippen molar-refractivity contribution in [3.05, 3.63) is 0 Å². The maximum absolute atomic E-state index is 12.1. The second-order valence-corrected chi connectivity index (χ2v) is 11.2. The molecule has 0 radical (unpaired) electrons. The number of hydrogen-bond donors (Lipinski definition) is 5. The van der Waals surface area contributed by atoms with E-state index in [-0.39, 0.29) is 74.6 Å². The Hall–Kier alpha value is -2.70. The van der Waals surface area contributed by atoms with E-state index >= 15 is 0 Å². The lowest BCUT2D eigenvalue weighted by Crippen LogP contribution is -2.42. The molecule has 12 nitrogen and oxygen atoms in total. The molecule has 3 amide bonds. The van der Waals surface area contributed by atoms with Crippen LogP contribution in [0.2, 0.25) is 0 Å². The van der Waals surface area contributed by atoms with Crippen molar-refractivity contribution in [2.45, 2.75) is 85.1 Å². The Morgan fingerprint density at radius 2 is 1.47 bits per heavy atom. The molecule has 0 aliphatic carbocycles. The number of nitrogens with one attached hydrogen (secondary N) is 3. The van der Waals surface area contributed by atoms with Gasteiger partial charge in [-0.2, -0.15) is 0 Å². The van der Waals surface area contributed by atoms with Crippen molar-refractivity contribution >= 4 is 39.7 Å². The Morgan fingerprint density at radius 1 is 0.833 bits per heavy atom. The molecule has 0 bridgehead atoms. The van der Waals surface area contributed by atoms with E-state index in [2.05, 4.69) is 10.6 Å². The van der Waals surface area contributed by atoms with Crippen molar-refractivity contribution in [2.24, 2.45) is 17.8 Å². The van der Waals surface area contributed by atoms with Crippen LogP contribution >= 0.6 is 0 Å². The number of hydrogen-bond acceptors (Lipinski definition) is 7. The quantitative estimate of drug-likeness (QED) is 0.162. The zero-order chi connectivity index (χ0) is 27.9. The fourth-order valence-electron chi connectivity index (χ4n) is 3.33. The van der Waals surface area contributed by atoms with Crippen LogP contribution in [0, 0.1) is 17.8 Å². The summed E-state index contributed by atoms with van der Waals surface area (Å²) in [6.07, 6.45) is 1.04. The minimum atomic E-state index is -3.91. The van der Waals surface area contributed by atoms with Crippen LogP contribution in [0.1, 0.15) is 79.1 Å². The van der Waals surface area contributed by atoms with Gasteiger partial charge in [-0.1, -0.05) is 34.1 Å². The van der Waals surface area contributed by atoms with E-state index in [1.165, 1.54) is 0 Å². The van der Waals surface area contributed by atoms with Gasteiger partial charge in [-0.25, -0.2) is 13.2 Å². The Labute approximate surface area is 213 Å². The Balaban J connectivity index is 4.32. The van der Waals surface area contributed by atoms with Gasteiger partial charge in [0, 0.05) is 32.2 Å². The highest BCUT2D eigenvalue weighted by molar-refractivity contribution is 7.90. The summed E-state index contributed by atoms with van der Waals surface area (Å²) >= 11 is 0. The molecule has 0 aromatic rings. The van der Waals surface area contributed by atoms with E-state index in [4.69, 9.17) is 10.2 Å². The molecule has 4 atom stereocenters. The van der Waals surface area contributed by atoms with Gasteiger partial charge in [0.05, 0.1) is 5.75 Å². The SMILES string of the molecule is CCCC(NC(=O)CC(C)C(C)CNC(=O)CCCS(=O)(=O)NC(=O)CC(C)CCC(=O)O)C(=O)O. The van der Waals surface area contributed by atoms with Crippen molar-refractivity contribution in [3.63, 3.8) is 0 Å². The third-order valence-corrected chi connectivity index (χ3v) is 7.15. The van der Waals surface area contributed by atoms with Gasteiger partial charge in [0.1, 0.15) is 6.04 Å². The molecule has 36 heavy (non-hydrogen) atoms. The maximum atomic E-state index is 12.1. The number of carbonyl (C=O) groups is 5. The number of sulfonamides is 1. The molecule has 0 aromatic heterocycles. The average molecular weight is 536 g/mol. The summed E-state index contributed by atoms with van der Waals surface area (Å²) in [6.45, 7) is 7.42. The predicted octanol–water partition coefficient (Wildman–Crippen LogP) is 1.25. The zero-order valence-corrected chi connectivity index (χ0v) is 22.4. The van der Waals surface area contributed by atoms with E-state index in [9.17, 15) is 32.4 Å². The lowest BCUT2D eigenvalue weighted by atomic mass is 9.92.